The van der Waals surface area contributed by atoms with Gasteiger partial charge in [-0.25, -0.2) is 4.98 Å². The van der Waals surface area contributed by atoms with Gasteiger partial charge in [0.05, 0.1) is 11.0 Å². The molecule has 144 valence electrons. The molecule has 5 heteroatoms. The fourth-order valence-electron chi connectivity index (χ4n) is 3.93. The van der Waals surface area contributed by atoms with Gasteiger partial charge < -0.3 is 9.47 Å². The molecule has 2 aromatic carbocycles. The van der Waals surface area contributed by atoms with E-state index in [4.69, 9.17) is 4.98 Å². The molecule has 2 heterocycles. The normalized spacial score (nSPS) is 11.7. The third-order valence-corrected chi connectivity index (χ3v) is 5.43. The molecule has 28 heavy (non-hydrogen) atoms. The Bertz CT molecular complexity index is 1120. The smallest absolute Gasteiger partial charge is 0.216 e. The molecule has 0 fully saturated rings. The fourth-order valence-corrected chi connectivity index (χ4v) is 3.93. The molecule has 0 radical (unpaired) electrons. The van der Waals surface area contributed by atoms with Gasteiger partial charge >= 0.3 is 0 Å². The number of likely N-dealkylation sites (N-methyl/N-ethyl adjacent to an activating group) is 1. The monoisotopic (exact) mass is 374 g/mol. The van der Waals surface area contributed by atoms with Crippen molar-refractivity contribution in [2.75, 3.05) is 19.6 Å². The van der Waals surface area contributed by atoms with Gasteiger partial charge in [0.15, 0.2) is 5.78 Å². The van der Waals surface area contributed by atoms with Crippen molar-refractivity contribution in [1.82, 2.24) is 18.9 Å². The lowest BCUT2D eigenvalue weighted by Crippen LogP contribution is -2.27. The maximum atomic E-state index is 12.6. The van der Waals surface area contributed by atoms with Crippen molar-refractivity contribution in [2.24, 2.45) is 0 Å². The van der Waals surface area contributed by atoms with Crippen LogP contribution in [0.1, 0.15) is 31.3 Å². The minimum absolute atomic E-state index is 0.0259. The molecule has 5 nitrogen and oxygen atoms in total. The minimum atomic E-state index is 0.0259. The summed E-state index contributed by atoms with van der Waals surface area (Å²) < 4.78 is 4.27. The number of para-hydroxylation sites is 2. The van der Waals surface area contributed by atoms with Crippen LogP contribution in [0.2, 0.25) is 0 Å². The summed E-state index contributed by atoms with van der Waals surface area (Å²) in [5.41, 5.74) is 4.51. The first-order valence-electron chi connectivity index (χ1n) is 9.94. The van der Waals surface area contributed by atoms with E-state index in [1.807, 2.05) is 46.9 Å². The highest BCUT2D eigenvalue weighted by Crippen LogP contribution is 2.30. The molecule has 0 aliphatic heterocycles. The van der Waals surface area contributed by atoms with Gasteiger partial charge in [0, 0.05) is 25.6 Å². The molecule has 0 aliphatic rings. The average molecular weight is 374 g/mol. The lowest BCUT2D eigenvalue weighted by molar-refractivity contribution is 0.101. The number of nitrogens with zero attached hydrogens (tertiary/aromatic N) is 4. The largest absolute Gasteiger partial charge is 0.308 e. The zero-order valence-corrected chi connectivity index (χ0v) is 16.7. The molecule has 0 unspecified atom stereocenters. The van der Waals surface area contributed by atoms with Gasteiger partial charge in [0.25, 0.3) is 0 Å². The molecule has 0 N–H and O–H groups in total. The van der Waals surface area contributed by atoms with Crippen LogP contribution >= 0.6 is 0 Å². The van der Waals surface area contributed by atoms with Gasteiger partial charge in [0.1, 0.15) is 11.4 Å². The summed E-state index contributed by atoms with van der Waals surface area (Å²) in [7, 11) is 0. The Labute approximate surface area is 165 Å². The van der Waals surface area contributed by atoms with Crippen LogP contribution in [0.25, 0.3) is 28.1 Å². The summed E-state index contributed by atoms with van der Waals surface area (Å²) in [5, 5.41) is 0. The van der Waals surface area contributed by atoms with Gasteiger partial charge in [-0.05, 0) is 25.2 Å². The van der Waals surface area contributed by atoms with Crippen molar-refractivity contribution in [2.45, 2.75) is 27.3 Å². The lowest BCUT2D eigenvalue weighted by Gasteiger charge is -2.18. The van der Waals surface area contributed by atoms with Crippen molar-refractivity contribution in [3.63, 3.8) is 0 Å². The van der Waals surface area contributed by atoms with E-state index in [0.717, 1.165) is 54.2 Å². The summed E-state index contributed by atoms with van der Waals surface area (Å²) >= 11 is 0. The highest BCUT2D eigenvalue weighted by atomic mass is 16.1. The van der Waals surface area contributed by atoms with Gasteiger partial charge in [-0.2, -0.15) is 0 Å². The fraction of sp³-hybridized carbons (Fsp3) is 0.304. The van der Waals surface area contributed by atoms with Crippen molar-refractivity contribution < 1.29 is 4.79 Å². The molecule has 0 bridgehead atoms. The lowest BCUT2D eigenvalue weighted by atomic mass is 10.1. The van der Waals surface area contributed by atoms with Crippen molar-refractivity contribution in [1.29, 1.82) is 0 Å². The second kappa shape index (κ2) is 7.60. The third kappa shape index (κ3) is 3.02. The number of rotatable bonds is 7. The zero-order valence-electron chi connectivity index (χ0n) is 16.7. The SMILES string of the molecule is CCN(CC)CCn1c2ccccc2n2c(C(C)=O)c(-c3ccccc3)nc12. The van der Waals surface area contributed by atoms with E-state index in [1.165, 1.54) is 0 Å². The second-order valence-corrected chi connectivity index (χ2v) is 7.03. The maximum absolute atomic E-state index is 12.6. The Hall–Kier alpha value is -2.92. The number of imidazole rings is 2. The Morgan fingerprint density at radius 1 is 0.964 bits per heavy atom. The van der Waals surface area contributed by atoms with Crippen molar-refractivity contribution in [3.8, 4) is 11.3 Å². The highest BCUT2D eigenvalue weighted by molar-refractivity contribution is 6.01. The predicted octanol–water partition coefficient (Wildman–Crippen LogP) is 4.50. The summed E-state index contributed by atoms with van der Waals surface area (Å²) in [4.78, 5) is 20.0. The van der Waals surface area contributed by atoms with Crippen LogP contribution < -0.4 is 0 Å². The first kappa shape index (κ1) is 18.4. The summed E-state index contributed by atoms with van der Waals surface area (Å²) in [6.07, 6.45) is 0. The number of hydrogen-bond acceptors (Lipinski definition) is 3. The topological polar surface area (TPSA) is 42.5 Å². The van der Waals surface area contributed by atoms with Gasteiger partial charge in [0.2, 0.25) is 5.78 Å². The van der Waals surface area contributed by atoms with E-state index in [0.29, 0.717) is 5.69 Å². The molecular weight excluding hydrogens is 348 g/mol. The van der Waals surface area contributed by atoms with Crippen LogP contribution in [0.15, 0.2) is 54.6 Å². The van der Waals surface area contributed by atoms with Crippen molar-refractivity contribution in [3.05, 3.63) is 60.3 Å². The predicted molar refractivity (Wildman–Crippen MR) is 114 cm³/mol. The number of fused-ring (bicyclic) bond motifs is 3. The molecular formula is C23H26N4O. The Morgan fingerprint density at radius 2 is 1.61 bits per heavy atom. The Balaban J connectivity index is 1.97. The van der Waals surface area contributed by atoms with E-state index < -0.39 is 0 Å². The summed E-state index contributed by atoms with van der Waals surface area (Å²) in [5.74, 6) is 0.857. The zero-order chi connectivity index (χ0) is 19.7. The standard InChI is InChI=1S/C23H26N4O/c1-4-25(5-2)15-16-26-19-13-9-10-14-20(19)27-22(17(3)28)21(24-23(26)27)18-11-7-6-8-12-18/h6-14H,4-5,15-16H2,1-3H3. The van der Waals surface area contributed by atoms with Crippen LogP contribution in [-0.4, -0.2) is 44.3 Å². The number of Topliss-reactive ketones (excluding diaryl/α,β-unsaturated/α-hetero) is 1. The molecule has 0 saturated carbocycles. The molecule has 0 atom stereocenters. The Kier molecular flexibility index (Phi) is 5.01. The Morgan fingerprint density at radius 3 is 2.25 bits per heavy atom. The van der Waals surface area contributed by atoms with Gasteiger partial charge in [-0.1, -0.05) is 56.3 Å². The van der Waals surface area contributed by atoms with Crippen LogP contribution in [-0.2, 0) is 6.54 Å². The molecule has 0 amide bonds. The van der Waals surface area contributed by atoms with E-state index in [2.05, 4.69) is 35.4 Å². The molecule has 4 aromatic rings. The number of carbonyl (C=O) groups excluding carboxylic acids is 1. The maximum Gasteiger partial charge on any atom is 0.216 e. The minimum Gasteiger partial charge on any atom is -0.308 e. The summed E-state index contributed by atoms with van der Waals surface area (Å²) in [6, 6.07) is 18.2. The van der Waals surface area contributed by atoms with E-state index in [1.54, 1.807) is 6.92 Å². The van der Waals surface area contributed by atoms with Crippen LogP contribution in [0.3, 0.4) is 0 Å². The molecule has 2 aromatic heterocycles. The number of hydrogen-bond donors (Lipinski definition) is 0. The van der Waals surface area contributed by atoms with Crippen LogP contribution in [0.5, 0.6) is 0 Å². The summed E-state index contributed by atoms with van der Waals surface area (Å²) in [6.45, 7) is 9.82. The molecule has 0 aliphatic carbocycles. The first-order valence-corrected chi connectivity index (χ1v) is 9.94. The first-order chi connectivity index (χ1) is 13.7. The molecule has 4 rings (SSSR count). The molecule has 0 saturated heterocycles. The number of carbonyl (C=O) groups is 1. The van der Waals surface area contributed by atoms with Gasteiger partial charge in [-0.3, -0.25) is 9.20 Å². The average Bonchev–Trinajstić information content (AvgIpc) is 3.25. The van der Waals surface area contributed by atoms with E-state index in [-0.39, 0.29) is 5.78 Å². The van der Waals surface area contributed by atoms with Gasteiger partial charge in [-0.15, -0.1) is 0 Å². The number of ketones is 1. The van der Waals surface area contributed by atoms with Crippen molar-refractivity contribution >= 4 is 22.6 Å². The molecule has 0 spiro atoms. The number of benzene rings is 2. The van der Waals surface area contributed by atoms with E-state index >= 15 is 0 Å². The van der Waals surface area contributed by atoms with Crippen LogP contribution in [0, 0.1) is 0 Å². The second-order valence-electron chi connectivity index (χ2n) is 7.03. The van der Waals surface area contributed by atoms with Crippen LogP contribution in [0.4, 0.5) is 0 Å². The highest BCUT2D eigenvalue weighted by Gasteiger charge is 2.23. The number of aromatic nitrogens is 3. The van der Waals surface area contributed by atoms with E-state index in [9.17, 15) is 4.79 Å². The quantitative estimate of drug-likeness (QED) is 0.447. The third-order valence-electron chi connectivity index (χ3n) is 5.43.